The van der Waals surface area contributed by atoms with Crippen LogP contribution >= 0.6 is 0 Å². The second-order valence-corrected chi connectivity index (χ2v) is 4.76. The highest BCUT2D eigenvalue weighted by Gasteiger charge is 2.10. The molecule has 0 spiro atoms. The Morgan fingerprint density at radius 1 is 1.22 bits per heavy atom. The van der Waals surface area contributed by atoms with Crippen LogP contribution in [0.25, 0.3) is 0 Å². The molecular weight excluding hydrogens is 302 g/mol. The minimum absolute atomic E-state index is 0.396. The summed E-state index contributed by atoms with van der Waals surface area (Å²) in [5.41, 5.74) is 0.230. The van der Waals surface area contributed by atoms with Crippen molar-refractivity contribution < 1.29 is 14.3 Å². The van der Waals surface area contributed by atoms with Gasteiger partial charge in [-0.15, -0.1) is 0 Å². The summed E-state index contributed by atoms with van der Waals surface area (Å²) < 4.78 is 5.78. The van der Waals surface area contributed by atoms with Crippen LogP contribution in [-0.2, 0) is 20.9 Å². The third kappa shape index (κ3) is 4.67. The van der Waals surface area contributed by atoms with Crippen molar-refractivity contribution in [2.24, 2.45) is 0 Å². The molecule has 0 atom stereocenters. The maximum Gasteiger partial charge on any atom is 0.328 e. The van der Waals surface area contributed by atoms with Crippen LogP contribution < -0.4 is 16.6 Å². The topological polar surface area (TPSA) is 110 Å². The van der Waals surface area contributed by atoms with E-state index in [-0.39, 0.29) is 0 Å². The van der Waals surface area contributed by atoms with E-state index in [1.165, 1.54) is 6.20 Å². The number of aromatic nitrogens is 2. The fourth-order valence-corrected chi connectivity index (χ4v) is 1.80. The van der Waals surface area contributed by atoms with Crippen molar-refractivity contribution in [3.63, 3.8) is 0 Å². The minimum Gasteiger partial charge on any atom is -0.454 e. The summed E-state index contributed by atoms with van der Waals surface area (Å²) in [6.07, 6.45) is 1.18. The number of para-hydroxylation sites is 1. The average molecular weight is 317 g/mol. The smallest absolute Gasteiger partial charge is 0.328 e. The summed E-state index contributed by atoms with van der Waals surface area (Å²) in [7, 11) is 0. The van der Waals surface area contributed by atoms with Gasteiger partial charge in [-0.1, -0.05) is 18.2 Å². The first kappa shape index (κ1) is 16.2. The number of amides is 1. The number of nitrogens with one attached hydrogen (secondary N) is 2. The molecule has 8 heteroatoms. The molecule has 0 aliphatic rings. The van der Waals surface area contributed by atoms with Gasteiger partial charge in [0.2, 0.25) is 0 Å². The van der Waals surface area contributed by atoms with Crippen LogP contribution in [0.1, 0.15) is 5.56 Å². The predicted molar refractivity (Wildman–Crippen MR) is 82.1 cm³/mol. The van der Waals surface area contributed by atoms with Crippen LogP contribution in [-0.4, -0.2) is 28.0 Å². The molecular formula is C15H15N3O5. The number of hydrogen-bond acceptors (Lipinski definition) is 5. The van der Waals surface area contributed by atoms with Gasteiger partial charge in [0.1, 0.15) is 6.54 Å². The second kappa shape index (κ2) is 7.21. The maximum absolute atomic E-state index is 11.7. The summed E-state index contributed by atoms with van der Waals surface area (Å²) in [6, 6.07) is 8.29. The Bertz CT molecular complexity index is 837. The molecule has 120 valence electrons. The SMILES string of the molecule is Cc1ccccc1NC(=O)COC(=O)Cn1ccc(=O)[nH]c1=O. The molecule has 23 heavy (non-hydrogen) atoms. The molecule has 0 fully saturated rings. The fourth-order valence-electron chi connectivity index (χ4n) is 1.80. The number of carbonyl (C=O) groups is 2. The van der Waals surface area contributed by atoms with Gasteiger partial charge in [-0.2, -0.15) is 0 Å². The standard InChI is InChI=1S/C15H15N3O5/c1-10-4-2-3-5-11(10)16-13(20)9-23-14(21)8-18-7-6-12(19)17-15(18)22/h2-7H,8-9H2,1H3,(H,16,20)(H,17,19,22). The number of H-pyrrole nitrogens is 1. The van der Waals surface area contributed by atoms with Crippen LogP contribution in [0.2, 0.25) is 0 Å². The number of benzene rings is 1. The van der Waals surface area contributed by atoms with Gasteiger partial charge in [-0.25, -0.2) is 4.79 Å². The lowest BCUT2D eigenvalue weighted by Crippen LogP contribution is -2.32. The molecule has 2 N–H and O–H groups in total. The van der Waals surface area contributed by atoms with E-state index in [9.17, 15) is 19.2 Å². The molecule has 2 aromatic rings. The molecule has 0 saturated carbocycles. The zero-order chi connectivity index (χ0) is 16.8. The maximum atomic E-state index is 11.7. The van der Waals surface area contributed by atoms with Crippen LogP contribution in [0.3, 0.4) is 0 Å². The number of esters is 1. The van der Waals surface area contributed by atoms with E-state index in [0.29, 0.717) is 5.69 Å². The second-order valence-electron chi connectivity index (χ2n) is 4.76. The number of hydrogen-bond donors (Lipinski definition) is 2. The highest BCUT2D eigenvalue weighted by molar-refractivity contribution is 5.93. The van der Waals surface area contributed by atoms with Crippen LogP contribution in [0.15, 0.2) is 46.1 Å². The van der Waals surface area contributed by atoms with Crippen molar-refractivity contribution in [2.45, 2.75) is 13.5 Å². The molecule has 1 amide bonds. The van der Waals surface area contributed by atoms with E-state index in [1.807, 2.05) is 24.0 Å². The molecule has 1 aromatic heterocycles. The molecule has 0 aliphatic heterocycles. The van der Waals surface area contributed by atoms with E-state index in [4.69, 9.17) is 4.74 Å². The van der Waals surface area contributed by atoms with Crippen LogP contribution in [0.4, 0.5) is 5.69 Å². The lowest BCUT2D eigenvalue weighted by molar-refractivity contribution is -0.148. The fraction of sp³-hybridized carbons (Fsp3) is 0.200. The molecule has 2 rings (SSSR count). The van der Waals surface area contributed by atoms with E-state index < -0.39 is 36.3 Å². The van der Waals surface area contributed by atoms with Gasteiger partial charge in [0, 0.05) is 18.0 Å². The molecule has 0 bridgehead atoms. The van der Waals surface area contributed by atoms with Crippen molar-refractivity contribution in [2.75, 3.05) is 11.9 Å². The largest absolute Gasteiger partial charge is 0.454 e. The zero-order valence-electron chi connectivity index (χ0n) is 12.4. The van der Waals surface area contributed by atoms with Crippen molar-refractivity contribution in [3.05, 3.63) is 62.9 Å². The van der Waals surface area contributed by atoms with Crippen molar-refractivity contribution in [1.29, 1.82) is 0 Å². The summed E-state index contributed by atoms with van der Waals surface area (Å²) in [6.45, 7) is 0.975. The monoisotopic (exact) mass is 317 g/mol. The number of rotatable bonds is 5. The average Bonchev–Trinajstić information content (AvgIpc) is 2.50. The number of nitrogens with zero attached hydrogens (tertiary/aromatic N) is 1. The molecule has 1 heterocycles. The van der Waals surface area contributed by atoms with Gasteiger partial charge in [-0.05, 0) is 18.6 Å². The number of anilines is 1. The van der Waals surface area contributed by atoms with Crippen molar-refractivity contribution in [3.8, 4) is 0 Å². The zero-order valence-corrected chi connectivity index (χ0v) is 12.4. The van der Waals surface area contributed by atoms with Crippen LogP contribution in [0, 0.1) is 6.92 Å². The first-order chi connectivity index (χ1) is 11.0. The lowest BCUT2D eigenvalue weighted by atomic mass is 10.2. The molecule has 0 aliphatic carbocycles. The first-order valence-corrected chi connectivity index (χ1v) is 6.76. The van der Waals surface area contributed by atoms with Crippen molar-refractivity contribution >= 4 is 17.6 Å². The Hall–Kier alpha value is -3.16. The highest BCUT2D eigenvalue weighted by Crippen LogP contribution is 2.12. The van der Waals surface area contributed by atoms with Crippen LogP contribution in [0.5, 0.6) is 0 Å². The summed E-state index contributed by atoms with van der Waals surface area (Å²) >= 11 is 0. The van der Waals surface area contributed by atoms with Gasteiger partial charge >= 0.3 is 11.7 Å². The molecule has 8 nitrogen and oxygen atoms in total. The Balaban J connectivity index is 1.87. The minimum atomic E-state index is -0.765. The quantitative estimate of drug-likeness (QED) is 0.756. The predicted octanol–water partition coefficient (Wildman–Crippen LogP) is 0.0269. The highest BCUT2D eigenvalue weighted by atomic mass is 16.5. The summed E-state index contributed by atoms with van der Waals surface area (Å²) in [5.74, 6) is -1.25. The summed E-state index contributed by atoms with van der Waals surface area (Å²) in [4.78, 5) is 47.7. The Morgan fingerprint density at radius 2 is 1.96 bits per heavy atom. The molecule has 0 unspecified atom stereocenters. The summed E-state index contributed by atoms with van der Waals surface area (Å²) in [5, 5.41) is 2.62. The third-order valence-electron chi connectivity index (χ3n) is 2.98. The van der Waals surface area contributed by atoms with E-state index in [0.717, 1.165) is 16.2 Å². The normalized spacial score (nSPS) is 10.1. The van der Waals surface area contributed by atoms with E-state index >= 15 is 0 Å². The first-order valence-electron chi connectivity index (χ1n) is 6.76. The van der Waals surface area contributed by atoms with Crippen molar-refractivity contribution in [1.82, 2.24) is 9.55 Å². The Labute approximate surface area is 130 Å². The number of aromatic amines is 1. The number of carbonyl (C=O) groups excluding carboxylic acids is 2. The molecule has 1 aromatic carbocycles. The Kier molecular flexibility index (Phi) is 5.08. The third-order valence-corrected chi connectivity index (χ3v) is 2.98. The van der Waals surface area contributed by atoms with Gasteiger partial charge in [0.15, 0.2) is 6.61 Å². The Morgan fingerprint density at radius 3 is 2.65 bits per heavy atom. The molecule has 0 saturated heterocycles. The molecule has 0 radical (unpaired) electrons. The van der Waals surface area contributed by atoms with E-state index in [1.54, 1.807) is 12.1 Å². The van der Waals surface area contributed by atoms with Gasteiger partial charge in [0.25, 0.3) is 11.5 Å². The lowest BCUT2D eigenvalue weighted by Gasteiger charge is -2.09. The van der Waals surface area contributed by atoms with Gasteiger partial charge < -0.3 is 10.1 Å². The van der Waals surface area contributed by atoms with E-state index in [2.05, 4.69) is 5.32 Å². The van der Waals surface area contributed by atoms with Gasteiger partial charge in [0.05, 0.1) is 0 Å². The number of ether oxygens (including phenoxy) is 1. The number of aryl methyl sites for hydroxylation is 1. The van der Waals surface area contributed by atoms with Gasteiger partial charge in [-0.3, -0.25) is 23.9 Å².